The van der Waals surface area contributed by atoms with E-state index in [2.05, 4.69) is 24.5 Å². The Kier molecular flexibility index (Phi) is 9.13. The Morgan fingerprint density at radius 3 is 2.33 bits per heavy atom. The quantitative estimate of drug-likeness (QED) is 0.683. The van der Waals surface area contributed by atoms with Gasteiger partial charge in [-0.1, -0.05) is 62.9 Å². The van der Waals surface area contributed by atoms with Crippen LogP contribution in [-0.4, -0.2) is 18.4 Å². The van der Waals surface area contributed by atoms with Gasteiger partial charge in [0.1, 0.15) is 0 Å². The molecular weight excluding hydrogens is 300 g/mol. The largest absolute Gasteiger partial charge is 0.356 e. The summed E-state index contributed by atoms with van der Waals surface area (Å²) >= 11 is 0. The molecule has 0 saturated carbocycles. The zero-order valence-corrected chi connectivity index (χ0v) is 15.5. The van der Waals surface area contributed by atoms with Crippen molar-refractivity contribution in [1.29, 1.82) is 0 Å². The minimum Gasteiger partial charge on any atom is -0.356 e. The van der Waals surface area contributed by atoms with E-state index in [1.54, 1.807) is 0 Å². The van der Waals surface area contributed by atoms with Gasteiger partial charge < -0.3 is 10.6 Å². The van der Waals surface area contributed by atoms with Crippen molar-refractivity contribution in [3.63, 3.8) is 0 Å². The lowest BCUT2D eigenvalue weighted by Gasteiger charge is -2.20. The maximum absolute atomic E-state index is 12.3. The van der Waals surface area contributed by atoms with Crippen LogP contribution in [0.15, 0.2) is 24.3 Å². The highest BCUT2D eigenvalue weighted by atomic mass is 16.2. The SMILES string of the molecule is CCCCC(CC)CNC(=O)CC(NC(C)=O)c1ccc(C)cc1. The molecular formula is C20H32N2O2. The molecule has 4 heteroatoms. The van der Waals surface area contributed by atoms with Crippen LogP contribution in [-0.2, 0) is 9.59 Å². The first-order valence-corrected chi connectivity index (χ1v) is 9.06. The van der Waals surface area contributed by atoms with Gasteiger partial charge in [0.15, 0.2) is 0 Å². The summed E-state index contributed by atoms with van der Waals surface area (Å²) in [6, 6.07) is 7.66. The first-order chi connectivity index (χ1) is 11.5. The van der Waals surface area contributed by atoms with E-state index >= 15 is 0 Å². The van der Waals surface area contributed by atoms with Crippen LogP contribution in [0.1, 0.15) is 70.0 Å². The first kappa shape index (κ1) is 20.2. The van der Waals surface area contributed by atoms with E-state index in [0.29, 0.717) is 5.92 Å². The van der Waals surface area contributed by atoms with Crippen LogP contribution < -0.4 is 10.6 Å². The summed E-state index contributed by atoms with van der Waals surface area (Å²) in [5.41, 5.74) is 2.12. The lowest BCUT2D eigenvalue weighted by atomic mass is 9.98. The molecule has 0 aromatic heterocycles. The highest BCUT2D eigenvalue weighted by molar-refractivity contribution is 5.79. The summed E-state index contributed by atoms with van der Waals surface area (Å²) in [6.07, 6.45) is 4.88. The average Bonchev–Trinajstić information content (AvgIpc) is 2.54. The number of nitrogens with one attached hydrogen (secondary N) is 2. The van der Waals surface area contributed by atoms with Crippen LogP contribution in [0.25, 0.3) is 0 Å². The first-order valence-electron chi connectivity index (χ1n) is 9.06. The van der Waals surface area contributed by atoms with E-state index in [1.165, 1.54) is 19.8 Å². The molecule has 4 nitrogen and oxygen atoms in total. The van der Waals surface area contributed by atoms with Crippen LogP contribution in [0.5, 0.6) is 0 Å². The molecule has 1 aromatic rings. The average molecular weight is 332 g/mol. The number of benzene rings is 1. The number of unbranched alkanes of at least 4 members (excludes halogenated alkanes) is 1. The second-order valence-electron chi connectivity index (χ2n) is 6.59. The predicted molar refractivity (Wildman–Crippen MR) is 98.7 cm³/mol. The zero-order chi connectivity index (χ0) is 17.9. The monoisotopic (exact) mass is 332 g/mol. The normalized spacial score (nSPS) is 13.2. The summed E-state index contributed by atoms with van der Waals surface area (Å²) in [7, 11) is 0. The molecule has 134 valence electrons. The fourth-order valence-electron chi connectivity index (χ4n) is 2.76. The number of carbonyl (C=O) groups is 2. The predicted octanol–water partition coefficient (Wildman–Crippen LogP) is 3.89. The third-order valence-electron chi connectivity index (χ3n) is 4.38. The van der Waals surface area contributed by atoms with E-state index in [1.807, 2.05) is 31.2 Å². The summed E-state index contributed by atoms with van der Waals surface area (Å²) in [6.45, 7) is 8.57. The molecule has 0 aliphatic rings. The molecule has 2 unspecified atom stereocenters. The smallest absolute Gasteiger partial charge is 0.222 e. The van der Waals surface area contributed by atoms with Gasteiger partial charge in [0.05, 0.1) is 12.5 Å². The maximum Gasteiger partial charge on any atom is 0.222 e. The number of amides is 2. The van der Waals surface area contributed by atoms with E-state index in [9.17, 15) is 9.59 Å². The van der Waals surface area contributed by atoms with Crippen molar-refractivity contribution in [3.05, 3.63) is 35.4 Å². The molecule has 2 amide bonds. The highest BCUT2D eigenvalue weighted by Crippen LogP contribution is 2.18. The van der Waals surface area contributed by atoms with Crippen molar-refractivity contribution < 1.29 is 9.59 Å². The maximum atomic E-state index is 12.3. The topological polar surface area (TPSA) is 58.2 Å². The van der Waals surface area contributed by atoms with Gasteiger partial charge in [-0.05, 0) is 24.8 Å². The third-order valence-corrected chi connectivity index (χ3v) is 4.38. The standard InChI is InChI=1S/C20H32N2O2/c1-5-7-8-17(6-2)14-21-20(24)13-19(22-16(4)23)18-11-9-15(3)10-12-18/h9-12,17,19H,5-8,13-14H2,1-4H3,(H,21,24)(H,22,23). The van der Waals surface area contributed by atoms with Crippen molar-refractivity contribution in [1.82, 2.24) is 10.6 Å². The second kappa shape index (κ2) is 10.8. The molecule has 2 atom stereocenters. The van der Waals surface area contributed by atoms with Gasteiger partial charge in [0.25, 0.3) is 0 Å². The zero-order valence-electron chi connectivity index (χ0n) is 15.5. The lowest BCUT2D eigenvalue weighted by molar-refractivity contribution is -0.123. The molecule has 2 N–H and O–H groups in total. The lowest BCUT2D eigenvalue weighted by Crippen LogP contribution is -2.34. The van der Waals surface area contributed by atoms with Crippen LogP contribution in [0, 0.1) is 12.8 Å². The summed E-state index contributed by atoms with van der Waals surface area (Å²) in [5.74, 6) is 0.402. The van der Waals surface area contributed by atoms with Gasteiger partial charge in [-0.15, -0.1) is 0 Å². The second-order valence-corrected chi connectivity index (χ2v) is 6.59. The van der Waals surface area contributed by atoms with Crippen molar-refractivity contribution in [2.45, 2.75) is 65.8 Å². The van der Waals surface area contributed by atoms with Crippen molar-refractivity contribution in [3.8, 4) is 0 Å². The molecule has 0 saturated heterocycles. The Morgan fingerprint density at radius 1 is 1.12 bits per heavy atom. The number of aryl methyl sites for hydroxylation is 1. The number of carbonyl (C=O) groups excluding carboxylic acids is 2. The molecule has 0 fully saturated rings. The number of rotatable bonds is 10. The fraction of sp³-hybridized carbons (Fsp3) is 0.600. The van der Waals surface area contributed by atoms with Gasteiger partial charge in [0.2, 0.25) is 11.8 Å². The molecule has 0 aliphatic carbocycles. The Labute approximate surface area is 146 Å². The summed E-state index contributed by atoms with van der Waals surface area (Å²) in [5, 5.41) is 5.92. The van der Waals surface area contributed by atoms with E-state index in [-0.39, 0.29) is 24.3 Å². The van der Waals surface area contributed by atoms with Gasteiger partial charge in [0, 0.05) is 13.5 Å². The molecule has 0 radical (unpaired) electrons. The van der Waals surface area contributed by atoms with Crippen molar-refractivity contribution >= 4 is 11.8 Å². The van der Waals surface area contributed by atoms with Crippen LogP contribution in [0.3, 0.4) is 0 Å². The van der Waals surface area contributed by atoms with Crippen LogP contribution >= 0.6 is 0 Å². The van der Waals surface area contributed by atoms with Gasteiger partial charge in [-0.3, -0.25) is 9.59 Å². The van der Waals surface area contributed by atoms with Crippen molar-refractivity contribution in [2.24, 2.45) is 5.92 Å². The van der Waals surface area contributed by atoms with Crippen molar-refractivity contribution in [2.75, 3.05) is 6.54 Å². The summed E-state index contributed by atoms with van der Waals surface area (Å²) in [4.78, 5) is 23.8. The number of hydrogen-bond acceptors (Lipinski definition) is 2. The van der Waals surface area contributed by atoms with E-state index in [4.69, 9.17) is 0 Å². The molecule has 0 aliphatic heterocycles. The minimum absolute atomic E-state index is 0.00993. The van der Waals surface area contributed by atoms with Crippen LogP contribution in [0.2, 0.25) is 0 Å². The van der Waals surface area contributed by atoms with Crippen LogP contribution in [0.4, 0.5) is 0 Å². The molecule has 0 heterocycles. The molecule has 1 rings (SSSR count). The fourth-order valence-corrected chi connectivity index (χ4v) is 2.76. The van der Waals surface area contributed by atoms with Gasteiger partial charge >= 0.3 is 0 Å². The Bertz CT molecular complexity index is 511. The third kappa shape index (κ3) is 7.62. The minimum atomic E-state index is -0.279. The highest BCUT2D eigenvalue weighted by Gasteiger charge is 2.17. The Morgan fingerprint density at radius 2 is 1.79 bits per heavy atom. The molecule has 24 heavy (non-hydrogen) atoms. The molecule has 0 bridgehead atoms. The Hall–Kier alpha value is -1.84. The molecule has 0 spiro atoms. The van der Waals surface area contributed by atoms with E-state index < -0.39 is 0 Å². The molecule has 1 aromatic carbocycles. The summed E-state index contributed by atoms with van der Waals surface area (Å²) < 4.78 is 0. The van der Waals surface area contributed by atoms with Gasteiger partial charge in [-0.2, -0.15) is 0 Å². The van der Waals surface area contributed by atoms with Gasteiger partial charge in [-0.25, -0.2) is 0 Å². The van der Waals surface area contributed by atoms with E-state index in [0.717, 1.165) is 30.5 Å². The number of hydrogen-bond donors (Lipinski definition) is 2. The Balaban J connectivity index is 2.60.